The molecule has 66 heavy (non-hydrogen) atoms. The second kappa shape index (κ2) is 17.1. The molecule has 1 atom stereocenters. The first-order valence-electron chi connectivity index (χ1n) is 22.6. The topological polar surface area (TPSA) is 41.9 Å². The van der Waals surface area contributed by atoms with Crippen molar-refractivity contribution < 1.29 is 0 Å². The molecule has 0 N–H and O–H groups in total. The van der Waals surface area contributed by atoms with Crippen LogP contribution in [0.3, 0.4) is 0 Å². The Kier molecular flexibility index (Phi) is 10.6. The van der Waals surface area contributed by atoms with Crippen LogP contribution in [-0.2, 0) is 5.41 Å². The summed E-state index contributed by atoms with van der Waals surface area (Å²) in [5, 5.41) is 0. The van der Waals surface area contributed by atoms with Gasteiger partial charge in [-0.2, -0.15) is 12.6 Å². The molecule has 0 radical (unpaired) electrons. The Morgan fingerprint density at radius 3 is 1.56 bits per heavy atom. The fraction of sp³-hybridized carbons (Fsp3) is 0.0984. The van der Waals surface area contributed by atoms with Crippen molar-refractivity contribution >= 4 is 29.6 Å². The molecule has 12 rings (SSSR count). The quantitative estimate of drug-likeness (QED) is 0.162. The van der Waals surface area contributed by atoms with Gasteiger partial charge in [-0.15, -0.1) is 0 Å². The van der Waals surface area contributed by atoms with Crippen LogP contribution in [0.2, 0.25) is 0 Å². The largest absolute Gasteiger partial charge is 0.313 e. The maximum absolute atomic E-state index is 5.27. The molecule has 0 saturated heterocycles. The Balaban J connectivity index is 0.00000238. The van der Waals surface area contributed by atoms with E-state index in [2.05, 4.69) is 232 Å². The van der Waals surface area contributed by atoms with E-state index >= 15 is 0 Å². The Hall–Kier alpha value is -7.60. The van der Waals surface area contributed by atoms with E-state index in [4.69, 9.17) is 15.0 Å². The smallest absolute Gasteiger partial charge is 0.164 e. The zero-order chi connectivity index (χ0) is 44.8. The van der Waals surface area contributed by atoms with Gasteiger partial charge in [0, 0.05) is 39.5 Å². The summed E-state index contributed by atoms with van der Waals surface area (Å²) in [7, 11) is 0. The van der Waals surface area contributed by atoms with E-state index in [-0.39, 0.29) is 11.3 Å². The lowest BCUT2D eigenvalue weighted by Crippen LogP contribution is -2.16. The Morgan fingerprint density at radius 2 is 0.939 bits per heavy atom. The van der Waals surface area contributed by atoms with Gasteiger partial charge in [0.2, 0.25) is 0 Å². The lowest BCUT2D eigenvalue weighted by molar-refractivity contribution is 0.660. The van der Waals surface area contributed by atoms with Crippen LogP contribution in [0.15, 0.2) is 218 Å². The second-order valence-corrected chi connectivity index (χ2v) is 17.6. The maximum atomic E-state index is 5.27. The molecule has 0 fully saturated rings. The highest BCUT2D eigenvalue weighted by molar-refractivity contribution is 7.79. The zero-order valence-electron chi connectivity index (χ0n) is 37.2. The number of allylic oxidation sites excluding steroid dienone is 4. The highest BCUT2D eigenvalue weighted by Crippen LogP contribution is 2.56. The number of hydrogen-bond acceptors (Lipinski definition) is 5. The van der Waals surface area contributed by atoms with Crippen LogP contribution in [0.1, 0.15) is 48.7 Å². The van der Waals surface area contributed by atoms with Gasteiger partial charge in [0.25, 0.3) is 0 Å². The molecule has 1 aromatic heterocycles. The van der Waals surface area contributed by atoms with Crippen molar-refractivity contribution in [1.29, 1.82) is 0 Å². The number of para-hydroxylation sites is 1. The van der Waals surface area contributed by atoms with Gasteiger partial charge in [-0.1, -0.05) is 196 Å². The number of hydrogen-bond donors (Lipinski definition) is 1. The molecule has 0 saturated carbocycles. The standard InChI is InChI=1S/C60H44N4.CH4S/c1-60(2)52-23-13-12-21-49(52)56-48(22-14-24-53(56)60)45-33-35-54-50(37-45)51-38-46(34-36-55(51)64(54)47-19-10-5-11-20-47)59-62-57(43-29-25-41(26-30-43)39-15-6-3-7-16-39)61-58(63-59)44-31-27-42(28-32-44)40-17-8-4-9-18-40;1-2/h3-37,51H,38H2,1-2H3;2H,1H3. The van der Waals surface area contributed by atoms with E-state index in [0.717, 1.165) is 39.9 Å². The van der Waals surface area contributed by atoms with Crippen molar-refractivity contribution in [2.75, 3.05) is 11.2 Å². The summed E-state index contributed by atoms with van der Waals surface area (Å²) >= 11 is 3.53. The predicted octanol–water partition coefficient (Wildman–Crippen LogP) is 15.7. The fourth-order valence-corrected chi connectivity index (χ4v) is 10.2. The molecule has 0 spiro atoms. The molecule has 2 aliphatic carbocycles. The third-order valence-corrected chi connectivity index (χ3v) is 13.5. The molecule has 4 nitrogen and oxygen atoms in total. The van der Waals surface area contributed by atoms with Crippen molar-refractivity contribution in [3.05, 3.63) is 241 Å². The number of rotatable bonds is 7. The van der Waals surface area contributed by atoms with Crippen LogP contribution in [-0.4, -0.2) is 21.2 Å². The summed E-state index contributed by atoms with van der Waals surface area (Å²) in [5.74, 6) is 2.10. The van der Waals surface area contributed by atoms with Gasteiger partial charge >= 0.3 is 0 Å². The van der Waals surface area contributed by atoms with Crippen LogP contribution >= 0.6 is 12.6 Å². The minimum Gasteiger partial charge on any atom is -0.313 e. The normalized spacial score (nSPS) is 15.0. The molecule has 2 heterocycles. The Labute approximate surface area is 393 Å². The van der Waals surface area contributed by atoms with Gasteiger partial charge in [-0.05, 0) is 110 Å². The van der Waals surface area contributed by atoms with Crippen LogP contribution in [0.5, 0.6) is 0 Å². The summed E-state index contributed by atoms with van der Waals surface area (Å²) in [6.07, 6.45) is 6.97. The van der Waals surface area contributed by atoms with Gasteiger partial charge in [-0.25, -0.2) is 15.0 Å². The van der Waals surface area contributed by atoms with Gasteiger partial charge < -0.3 is 4.90 Å². The minimum absolute atomic E-state index is 0.0716. The first-order valence-corrected chi connectivity index (χ1v) is 23.5. The summed E-state index contributed by atoms with van der Waals surface area (Å²) in [6, 6.07) is 71.7. The number of anilines is 2. The molecule has 9 aromatic rings. The van der Waals surface area contributed by atoms with Crippen molar-refractivity contribution in [2.45, 2.75) is 31.6 Å². The number of nitrogens with zero attached hydrogens (tertiary/aromatic N) is 4. The highest BCUT2D eigenvalue weighted by atomic mass is 32.1. The van der Waals surface area contributed by atoms with E-state index in [9.17, 15) is 0 Å². The second-order valence-electron chi connectivity index (χ2n) is 17.6. The predicted molar refractivity (Wildman–Crippen MR) is 278 cm³/mol. The summed E-state index contributed by atoms with van der Waals surface area (Å²) in [6.45, 7) is 4.71. The first-order chi connectivity index (χ1) is 32.5. The van der Waals surface area contributed by atoms with Gasteiger partial charge in [0.1, 0.15) is 0 Å². The Bertz CT molecular complexity index is 3200. The number of aromatic nitrogens is 3. The summed E-state index contributed by atoms with van der Waals surface area (Å²) in [4.78, 5) is 18.1. The summed E-state index contributed by atoms with van der Waals surface area (Å²) in [5.41, 5.74) is 20.5. The van der Waals surface area contributed by atoms with Crippen LogP contribution in [0.4, 0.5) is 11.4 Å². The number of benzene rings is 8. The SMILES string of the molecule is CC1(C)c2ccccc2-c2c(-c3ccc4c(c3)C3CC(c5nc(-c6ccc(-c7ccccc7)cc6)nc(-c6ccc(-c7ccccc7)cc6)n5)=CC=C3N4c3ccccc3)cccc21.CS. The Morgan fingerprint density at radius 1 is 0.455 bits per heavy atom. The van der Waals surface area contributed by atoms with Crippen molar-refractivity contribution in [3.63, 3.8) is 0 Å². The molecule has 0 bridgehead atoms. The van der Waals surface area contributed by atoms with E-state index < -0.39 is 0 Å². The van der Waals surface area contributed by atoms with Crippen molar-refractivity contribution in [1.82, 2.24) is 15.0 Å². The van der Waals surface area contributed by atoms with E-state index in [1.54, 1.807) is 6.26 Å². The first kappa shape index (κ1) is 41.1. The number of thiol groups is 1. The monoisotopic (exact) mass is 868 g/mol. The maximum Gasteiger partial charge on any atom is 0.164 e. The van der Waals surface area contributed by atoms with Crippen LogP contribution < -0.4 is 4.90 Å². The van der Waals surface area contributed by atoms with Crippen molar-refractivity contribution in [2.24, 2.45) is 0 Å². The minimum atomic E-state index is -0.0716. The third kappa shape index (κ3) is 7.17. The molecule has 3 aliphatic rings. The van der Waals surface area contributed by atoms with E-state index in [1.165, 1.54) is 61.5 Å². The van der Waals surface area contributed by atoms with Crippen LogP contribution in [0.25, 0.3) is 72.9 Å². The lowest BCUT2D eigenvalue weighted by Gasteiger charge is -2.26. The molecule has 318 valence electrons. The third-order valence-electron chi connectivity index (χ3n) is 13.5. The molecule has 1 unspecified atom stereocenters. The van der Waals surface area contributed by atoms with Crippen molar-refractivity contribution in [3.8, 4) is 67.3 Å². The molecular weight excluding hydrogens is 821 g/mol. The van der Waals surface area contributed by atoms with Gasteiger partial charge in [-0.3, -0.25) is 0 Å². The molecular formula is C61H48N4S. The average Bonchev–Trinajstić information content (AvgIpc) is 3.85. The van der Waals surface area contributed by atoms with E-state index in [0.29, 0.717) is 17.5 Å². The van der Waals surface area contributed by atoms with Gasteiger partial charge in [0.05, 0.1) is 0 Å². The lowest BCUT2D eigenvalue weighted by atomic mass is 9.81. The molecule has 1 aliphatic heterocycles. The van der Waals surface area contributed by atoms with Gasteiger partial charge in [0.15, 0.2) is 17.5 Å². The molecule has 0 amide bonds. The molecule has 8 aromatic carbocycles. The fourth-order valence-electron chi connectivity index (χ4n) is 10.2. The van der Waals surface area contributed by atoms with E-state index in [1.807, 2.05) is 12.1 Å². The zero-order valence-corrected chi connectivity index (χ0v) is 38.1. The van der Waals surface area contributed by atoms with Crippen LogP contribution in [0, 0.1) is 0 Å². The summed E-state index contributed by atoms with van der Waals surface area (Å²) < 4.78 is 0. The average molecular weight is 869 g/mol. The molecule has 5 heteroatoms. The number of fused-ring (bicyclic) bond motifs is 6. The highest BCUT2D eigenvalue weighted by Gasteiger charge is 2.39.